The zero-order valence-corrected chi connectivity index (χ0v) is 9.77. The lowest BCUT2D eigenvalue weighted by atomic mass is 10.2. The van der Waals surface area contributed by atoms with E-state index in [4.69, 9.17) is 10.2 Å². The lowest BCUT2D eigenvalue weighted by Gasteiger charge is -2.00. The number of rotatable bonds is 1. The van der Waals surface area contributed by atoms with Gasteiger partial charge in [0.05, 0.1) is 5.56 Å². The summed E-state index contributed by atoms with van der Waals surface area (Å²) >= 11 is 0. The van der Waals surface area contributed by atoms with Crippen molar-refractivity contribution < 1.29 is 8.81 Å². The van der Waals surface area contributed by atoms with Crippen LogP contribution in [0.15, 0.2) is 40.8 Å². The molecule has 0 radical (unpaired) electrons. The smallest absolute Gasteiger partial charge is 0.229 e. The molecule has 0 saturated heterocycles. The zero-order chi connectivity index (χ0) is 12.7. The predicted molar refractivity (Wildman–Crippen MR) is 68.6 cm³/mol. The minimum Gasteiger partial charge on any atom is -0.436 e. The number of fused-ring (bicyclic) bond motifs is 1. The Kier molecular flexibility index (Phi) is 2.30. The minimum absolute atomic E-state index is 0.340. The quantitative estimate of drug-likeness (QED) is 0.664. The van der Waals surface area contributed by atoms with Crippen molar-refractivity contribution in [1.29, 1.82) is 0 Å². The monoisotopic (exact) mass is 242 g/mol. The van der Waals surface area contributed by atoms with E-state index >= 15 is 0 Å². The number of hydrogen-bond donors (Lipinski definition) is 1. The molecule has 18 heavy (non-hydrogen) atoms. The minimum atomic E-state index is -0.363. The van der Waals surface area contributed by atoms with Gasteiger partial charge in [0.1, 0.15) is 11.3 Å². The molecule has 1 heterocycles. The van der Waals surface area contributed by atoms with E-state index in [1.165, 1.54) is 18.2 Å². The fourth-order valence-electron chi connectivity index (χ4n) is 1.87. The fourth-order valence-corrected chi connectivity index (χ4v) is 1.87. The molecule has 3 rings (SSSR count). The summed E-state index contributed by atoms with van der Waals surface area (Å²) in [5.74, 6) is -0.0229. The number of nitrogen functional groups attached to an aromatic ring is 1. The molecule has 0 fully saturated rings. The van der Waals surface area contributed by atoms with Gasteiger partial charge < -0.3 is 10.2 Å². The van der Waals surface area contributed by atoms with Crippen molar-refractivity contribution in [2.45, 2.75) is 6.92 Å². The highest BCUT2D eigenvalue weighted by molar-refractivity contribution is 5.79. The normalized spacial score (nSPS) is 11.0. The maximum absolute atomic E-state index is 13.2. The van der Waals surface area contributed by atoms with Gasteiger partial charge in [-0.25, -0.2) is 9.37 Å². The maximum Gasteiger partial charge on any atom is 0.229 e. The SMILES string of the molecule is Cc1ccc2oc(-c3cc(F)ccc3N)nc2c1. The third kappa shape index (κ3) is 1.72. The summed E-state index contributed by atoms with van der Waals surface area (Å²) < 4.78 is 18.8. The van der Waals surface area contributed by atoms with Crippen LogP contribution in [0.25, 0.3) is 22.6 Å². The first kappa shape index (κ1) is 10.8. The van der Waals surface area contributed by atoms with Crippen molar-refractivity contribution >= 4 is 16.8 Å². The first-order valence-electron chi connectivity index (χ1n) is 5.56. The summed E-state index contributed by atoms with van der Waals surface area (Å²) in [4.78, 5) is 4.33. The van der Waals surface area contributed by atoms with Crippen molar-refractivity contribution in [3.63, 3.8) is 0 Å². The van der Waals surface area contributed by atoms with E-state index in [1.54, 1.807) is 0 Å². The highest BCUT2D eigenvalue weighted by Crippen LogP contribution is 2.29. The molecule has 0 saturated carbocycles. The number of nitrogens with zero attached hydrogens (tertiary/aromatic N) is 1. The van der Waals surface area contributed by atoms with Crippen LogP contribution in [0.2, 0.25) is 0 Å². The second kappa shape index (κ2) is 3.84. The topological polar surface area (TPSA) is 52.0 Å². The van der Waals surface area contributed by atoms with Gasteiger partial charge in [0.2, 0.25) is 5.89 Å². The van der Waals surface area contributed by atoms with E-state index in [9.17, 15) is 4.39 Å². The number of halogens is 1. The van der Waals surface area contributed by atoms with E-state index in [-0.39, 0.29) is 5.82 Å². The number of benzene rings is 2. The second-order valence-corrected chi connectivity index (χ2v) is 4.22. The zero-order valence-electron chi connectivity index (χ0n) is 9.77. The molecule has 0 amide bonds. The molecule has 2 aromatic carbocycles. The first-order chi connectivity index (χ1) is 8.63. The summed E-state index contributed by atoms with van der Waals surface area (Å²) in [5.41, 5.74) is 9.23. The average Bonchev–Trinajstić information content (AvgIpc) is 2.74. The second-order valence-electron chi connectivity index (χ2n) is 4.22. The third-order valence-corrected chi connectivity index (χ3v) is 2.79. The number of anilines is 1. The van der Waals surface area contributed by atoms with Crippen LogP contribution in [0.5, 0.6) is 0 Å². The van der Waals surface area contributed by atoms with E-state index in [2.05, 4.69) is 4.98 Å². The van der Waals surface area contributed by atoms with Gasteiger partial charge in [-0.1, -0.05) is 6.07 Å². The Morgan fingerprint density at radius 1 is 1.17 bits per heavy atom. The van der Waals surface area contributed by atoms with Crippen molar-refractivity contribution in [3.05, 3.63) is 47.8 Å². The molecule has 2 N–H and O–H groups in total. The summed E-state index contributed by atoms with van der Waals surface area (Å²) in [6, 6.07) is 9.84. The Labute approximate surface area is 103 Å². The van der Waals surface area contributed by atoms with Crippen molar-refractivity contribution in [3.8, 4) is 11.5 Å². The van der Waals surface area contributed by atoms with Gasteiger partial charge in [-0.3, -0.25) is 0 Å². The molecule has 0 aliphatic rings. The van der Waals surface area contributed by atoms with Crippen LogP contribution in [0, 0.1) is 12.7 Å². The van der Waals surface area contributed by atoms with Crippen molar-refractivity contribution in [2.24, 2.45) is 0 Å². The first-order valence-corrected chi connectivity index (χ1v) is 5.56. The van der Waals surface area contributed by atoms with E-state index in [0.29, 0.717) is 22.7 Å². The van der Waals surface area contributed by atoms with Crippen LogP contribution < -0.4 is 5.73 Å². The Balaban J connectivity index is 2.22. The Bertz CT molecular complexity index is 734. The molecule has 4 heteroatoms. The number of hydrogen-bond acceptors (Lipinski definition) is 3. The molecule has 1 aromatic heterocycles. The van der Waals surface area contributed by atoms with Gasteiger partial charge in [-0.05, 0) is 42.8 Å². The summed E-state index contributed by atoms with van der Waals surface area (Å²) in [6.45, 7) is 1.98. The molecular formula is C14H11FN2O. The van der Waals surface area contributed by atoms with Gasteiger partial charge in [0.15, 0.2) is 5.58 Å². The molecule has 0 unspecified atom stereocenters. The van der Waals surface area contributed by atoms with Gasteiger partial charge >= 0.3 is 0 Å². The molecule has 90 valence electrons. The van der Waals surface area contributed by atoms with Crippen LogP contribution in [-0.4, -0.2) is 4.98 Å². The lowest BCUT2D eigenvalue weighted by molar-refractivity contribution is 0.611. The number of aromatic nitrogens is 1. The standard InChI is InChI=1S/C14H11FN2O/c1-8-2-5-13-12(6-8)17-14(18-13)10-7-9(15)3-4-11(10)16/h2-7H,16H2,1H3. The highest BCUT2D eigenvalue weighted by Gasteiger charge is 2.12. The summed E-state index contributed by atoms with van der Waals surface area (Å²) in [5, 5.41) is 0. The number of oxazole rings is 1. The average molecular weight is 242 g/mol. The van der Waals surface area contributed by atoms with E-state index in [0.717, 1.165) is 11.1 Å². The molecule has 0 aliphatic heterocycles. The van der Waals surface area contributed by atoms with Crippen molar-refractivity contribution in [1.82, 2.24) is 4.98 Å². The molecule has 3 nitrogen and oxygen atoms in total. The van der Waals surface area contributed by atoms with Crippen LogP contribution in [0.3, 0.4) is 0 Å². The molecule has 3 aromatic rings. The molecule has 0 aliphatic carbocycles. The third-order valence-electron chi connectivity index (χ3n) is 2.79. The van der Waals surface area contributed by atoms with Gasteiger partial charge in [-0.15, -0.1) is 0 Å². The summed E-state index contributed by atoms with van der Waals surface area (Å²) in [6.07, 6.45) is 0. The molecular weight excluding hydrogens is 231 g/mol. The summed E-state index contributed by atoms with van der Waals surface area (Å²) in [7, 11) is 0. The van der Waals surface area contributed by atoms with Crippen LogP contribution in [0.4, 0.5) is 10.1 Å². The van der Waals surface area contributed by atoms with Gasteiger partial charge in [0, 0.05) is 5.69 Å². The Hall–Kier alpha value is -2.36. The molecule has 0 bridgehead atoms. The lowest BCUT2D eigenvalue weighted by Crippen LogP contribution is -1.90. The molecule has 0 atom stereocenters. The van der Waals surface area contributed by atoms with Gasteiger partial charge in [-0.2, -0.15) is 0 Å². The highest BCUT2D eigenvalue weighted by atomic mass is 19.1. The predicted octanol–water partition coefficient (Wildman–Crippen LogP) is 3.52. The van der Waals surface area contributed by atoms with Gasteiger partial charge in [0.25, 0.3) is 0 Å². The fraction of sp³-hybridized carbons (Fsp3) is 0.0714. The Morgan fingerprint density at radius 3 is 2.83 bits per heavy atom. The van der Waals surface area contributed by atoms with Crippen molar-refractivity contribution in [2.75, 3.05) is 5.73 Å². The van der Waals surface area contributed by atoms with E-state index in [1.807, 2.05) is 25.1 Å². The number of nitrogens with two attached hydrogens (primary N) is 1. The maximum atomic E-state index is 13.2. The Morgan fingerprint density at radius 2 is 2.00 bits per heavy atom. The van der Waals surface area contributed by atoms with Crippen LogP contribution >= 0.6 is 0 Å². The largest absolute Gasteiger partial charge is 0.436 e. The number of aryl methyl sites for hydroxylation is 1. The van der Waals surface area contributed by atoms with Crippen LogP contribution in [-0.2, 0) is 0 Å². The van der Waals surface area contributed by atoms with Crippen LogP contribution in [0.1, 0.15) is 5.56 Å². The van der Waals surface area contributed by atoms with E-state index < -0.39 is 0 Å². The molecule has 0 spiro atoms.